The van der Waals surface area contributed by atoms with Gasteiger partial charge in [0.1, 0.15) is 12.4 Å². The van der Waals surface area contributed by atoms with Gasteiger partial charge in [-0.2, -0.15) is 0 Å². The van der Waals surface area contributed by atoms with Gasteiger partial charge in [-0.25, -0.2) is 0 Å². The minimum atomic E-state index is -0.782. The van der Waals surface area contributed by atoms with Crippen LogP contribution in [0.3, 0.4) is 0 Å². The molecule has 0 heterocycles. The van der Waals surface area contributed by atoms with E-state index in [4.69, 9.17) is 9.84 Å². The number of benzene rings is 3. The molecule has 0 aromatic heterocycles. The van der Waals surface area contributed by atoms with Gasteiger partial charge in [0, 0.05) is 0 Å². The summed E-state index contributed by atoms with van der Waals surface area (Å²) in [7, 11) is 0. The Hall–Kier alpha value is -3.07. The second kappa shape index (κ2) is 8.95. The maximum absolute atomic E-state index is 11.1. The number of hydrogen-bond acceptors (Lipinski definition) is 2. The molecular weight excluding hydrogens is 360 g/mol. The summed E-state index contributed by atoms with van der Waals surface area (Å²) in [5.74, 6) is 0.588. The normalized spacial score (nSPS) is 14.1. The van der Waals surface area contributed by atoms with Gasteiger partial charge in [0.15, 0.2) is 0 Å². The Bertz CT molecular complexity index is 955. The van der Waals surface area contributed by atoms with Crippen molar-refractivity contribution in [3.63, 3.8) is 0 Å². The van der Waals surface area contributed by atoms with E-state index >= 15 is 0 Å². The van der Waals surface area contributed by atoms with Crippen LogP contribution in [-0.4, -0.2) is 11.1 Å². The van der Waals surface area contributed by atoms with Crippen molar-refractivity contribution < 1.29 is 14.6 Å². The number of ether oxygens (including phenoxy) is 1. The maximum atomic E-state index is 11.1. The third-order valence-corrected chi connectivity index (χ3v) is 5.68. The second-order valence-corrected chi connectivity index (χ2v) is 7.77. The fourth-order valence-electron chi connectivity index (χ4n) is 4.21. The maximum Gasteiger partial charge on any atom is 0.307 e. The van der Waals surface area contributed by atoms with Gasteiger partial charge in [0.25, 0.3) is 0 Å². The second-order valence-electron chi connectivity index (χ2n) is 7.77. The first-order valence-corrected chi connectivity index (χ1v) is 10.3. The molecule has 0 atom stereocenters. The van der Waals surface area contributed by atoms with E-state index in [9.17, 15) is 4.79 Å². The average molecular weight is 386 g/mol. The monoisotopic (exact) mass is 386 g/mol. The molecular formula is C26H26O3. The average Bonchev–Trinajstić information content (AvgIpc) is 3.28. The topological polar surface area (TPSA) is 46.5 Å². The van der Waals surface area contributed by atoms with Crippen LogP contribution < -0.4 is 4.74 Å². The molecule has 0 amide bonds. The summed E-state index contributed by atoms with van der Waals surface area (Å²) >= 11 is 0. The van der Waals surface area contributed by atoms with Crippen molar-refractivity contribution in [2.45, 2.75) is 44.6 Å². The Morgan fingerprint density at radius 1 is 0.897 bits per heavy atom. The molecule has 3 heteroatoms. The SMILES string of the molecule is O=C(O)Cc1ccc(-c2ccc(OCc3ccccc3)cc2)c(C2CCCC2)c1. The highest BCUT2D eigenvalue weighted by atomic mass is 16.5. The molecule has 3 aromatic carbocycles. The molecule has 0 radical (unpaired) electrons. The zero-order valence-electron chi connectivity index (χ0n) is 16.5. The van der Waals surface area contributed by atoms with E-state index in [0.29, 0.717) is 12.5 Å². The van der Waals surface area contributed by atoms with Gasteiger partial charge < -0.3 is 9.84 Å². The van der Waals surface area contributed by atoms with Crippen LogP contribution in [0.15, 0.2) is 72.8 Å². The lowest BCUT2D eigenvalue weighted by Crippen LogP contribution is -2.03. The Morgan fingerprint density at radius 3 is 2.31 bits per heavy atom. The molecule has 1 aliphatic rings. The van der Waals surface area contributed by atoms with Crippen LogP contribution in [0, 0.1) is 0 Å². The molecule has 29 heavy (non-hydrogen) atoms. The van der Waals surface area contributed by atoms with Gasteiger partial charge in [0.05, 0.1) is 6.42 Å². The van der Waals surface area contributed by atoms with E-state index in [1.807, 2.05) is 36.4 Å². The molecule has 3 nitrogen and oxygen atoms in total. The molecule has 0 unspecified atom stereocenters. The highest BCUT2D eigenvalue weighted by Crippen LogP contribution is 2.40. The van der Waals surface area contributed by atoms with E-state index in [2.05, 4.69) is 36.4 Å². The molecule has 0 bridgehead atoms. The summed E-state index contributed by atoms with van der Waals surface area (Å²) in [4.78, 5) is 11.1. The van der Waals surface area contributed by atoms with Gasteiger partial charge in [-0.15, -0.1) is 0 Å². The minimum absolute atomic E-state index is 0.0757. The molecule has 4 rings (SSSR count). The smallest absolute Gasteiger partial charge is 0.307 e. The summed E-state index contributed by atoms with van der Waals surface area (Å²) in [6, 6.07) is 24.5. The number of rotatable bonds is 7. The standard InChI is InChI=1S/C26H26O3/c27-26(28)17-20-10-15-24(25(16-20)21-8-4-5-9-21)22-11-13-23(14-12-22)29-18-19-6-2-1-3-7-19/h1-3,6-7,10-16,21H,4-5,8-9,17-18H2,(H,27,28). The molecule has 0 spiro atoms. The Labute approximate surface area is 172 Å². The lowest BCUT2D eigenvalue weighted by molar-refractivity contribution is -0.136. The Balaban J connectivity index is 1.55. The van der Waals surface area contributed by atoms with Crippen molar-refractivity contribution in [1.82, 2.24) is 0 Å². The fourth-order valence-corrected chi connectivity index (χ4v) is 4.21. The van der Waals surface area contributed by atoms with E-state index in [1.54, 1.807) is 0 Å². The third kappa shape index (κ3) is 4.86. The highest BCUT2D eigenvalue weighted by Gasteiger charge is 2.21. The summed E-state index contributed by atoms with van der Waals surface area (Å²) in [5.41, 5.74) is 5.68. The zero-order valence-corrected chi connectivity index (χ0v) is 16.5. The molecule has 3 aromatic rings. The number of carbonyl (C=O) groups is 1. The first kappa shape index (κ1) is 19.3. The number of carboxylic acid groups (broad SMARTS) is 1. The molecule has 1 saturated carbocycles. The van der Waals surface area contributed by atoms with Crippen LogP contribution in [0.5, 0.6) is 5.75 Å². The highest BCUT2D eigenvalue weighted by molar-refractivity contribution is 5.73. The van der Waals surface area contributed by atoms with Crippen LogP contribution >= 0.6 is 0 Å². The molecule has 148 valence electrons. The summed E-state index contributed by atoms with van der Waals surface area (Å²) < 4.78 is 5.91. The largest absolute Gasteiger partial charge is 0.489 e. The molecule has 1 fully saturated rings. The van der Waals surface area contributed by atoms with Crippen LogP contribution in [0.25, 0.3) is 11.1 Å². The van der Waals surface area contributed by atoms with Crippen LogP contribution in [0.2, 0.25) is 0 Å². The first-order valence-electron chi connectivity index (χ1n) is 10.3. The van der Waals surface area contributed by atoms with E-state index in [0.717, 1.165) is 22.4 Å². The van der Waals surface area contributed by atoms with E-state index in [1.165, 1.54) is 36.8 Å². The van der Waals surface area contributed by atoms with Gasteiger partial charge >= 0.3 is 5.97 Å². The molecule has 1 N–H and O–H groups in total. The van der Waals surface area contributed by atoms with Crippen LogP contribution in [0.1, 0.15) is 48.3 Å². The van der Waals surface area contributed by atoms with Crippen LogP contribution in [-0.2, 0) is 17.8 Å². The molecule has 0 saturated heterocycles. The van der Waals surface area contributed by atoms with E-state index < -0.39 is 5.97 Å². The lowest BCUT2D eigenvalue weighted by atomic mass is 9.87. The van der Waals surface area contributed by atoms with Crippen molar-refractivity contribution >= 4 is 5.97 Å². The van der Waals surface area contributed by atoms with Crippen molar-refractivity contribution in [2.24, 2.45) is 0 Å². The van der Waals surface area contributed by atoms with Gasteiger partial charge in [0.2, 0.25) is 0 Å². The first-order chi connectivity index (χ1) is 14.2. The van der Waals surface area contributed by atoms with Crippen molar-refractivity contribution in [2.75, 3.05) is 0 Å². The molecule has 1 aliphatic carbocycles. The minimum Gasteiger partial charge on any atom is -0.489 e. The number of carboxylic acids is 1. The number of hydrogen-bond donors (Lipinski definition) is 1. The van der Waals surface area contributed by atoms with Gasteiger partial charge in [-0.05, 0) is 58.7 Å². The van der Waals surface area contributed by atoms with Crippen LogP contribution in [0.4, 0.5) is 0 Å². The Kier molecular flexibility index (Phi) is 5.95. The van der Waals surface area contributed by atoms with Crippen molar-refractivity contribution in [3.8, 4) is 16.9 Å². The summed E-state index contributed by atoms with van der Waals surface area (Å²) in [6.45, 7) is 0.553. The third-order valence-electron chi connectivity index (χ3n) is 5.68. The quantitative estimate of drug-likeness (QED) is 0.524. The number of aliphatic carboxylic acids is 1. The summed E-state index contributed by atoms with van der Waals surface area (Å²) in [6.07, 6.45) is 4.94. The summed E-state index contributed by atoms with van der Waals surface area (Å²) in [5, 5.41) is 9.16. The molecule has 0 aliphatic heterocycles. The van der Waals surface area contributed by atoms with Gasteiger partial charge in [-0.3, -0.25) is 4.79 Å². The fraction of sp³-hybridized carbons (Fsp3) is 0.269. The lowest BCUT2D eigenvalue weighted by Gasteiger charge is -2.17. The predicted molar refractivity (Wildman–Crippen MR) is 115 cm³/mol. The Morgan fingerprint density at radius 2 is 1.62 bits per heavy atom. The van der Waals surface area contributed by atoms with Crippen molar-refractivity contribution in [3.05, 3.63) is 89.5 Å². The predicted octanol–water partition coefficient (Wildman–Crippen LogP) is 6.22. The van der Waals surface area contributed by atoms with E-state index in [-0.39, 0.29) is 6.42 Å². The van der Waals surface area contributed by atoms with Gasteiger partial charge in [-0.1, -0.05) is 73.5 Å². The zero-order chi connectivity index (χ0) is 20.1. The van der Waals surface area contributed by atoms with Crippen molar-refractivity contribution in [1.29, 1.82) is 0 Å².